The van der Waals surface area contributed by atoms with Crippen molar-refractivity contribution in [2.45, 2.75) is 25.3 Å². The summed E-state index contributed by atoms with van der Waals surface area (Å²) in [6.07, 6.45) is 1.46. The second kappa shape index (κ2) is 6.19. The molecule has 7 heteroatoms. The predicted molar refractivity (Wildman–Crippen MR) is 59.0 cm³/mol. The van der Waals surface area contributed by atoms with Crippen molar-refractivity contribution in [2.75, 3.05) is 13.1 Å². The first kappa shape index (κ1) is 13.4. The van der Waals surface area contributed by atoms with E-state index in [1.54, 1.807) is 0 Å². The van der Waals surface area contributed by atoms with Crippen molar-refractivity contribution in [2.24, 2.45) is 11.7 Å². The van der Waals surface area contributed by atoms with Gasteiger partial charge in [0.1, 0.15) is 0 Å². The Hall–Kier alpha value is -1.63. The van der Waals surface area contributed by atoms with Gasteiger partial charge in [-0.25, -0.2) is 0 Å². The van der Waals surface area contributed by atoms with Crippen LogP contribution in [-0.4, -0.2) is 42.0 Å². The summed E-state index contributed by atoms with van der Waals surface area (Å²) >= 11 is 0. The molecule has 0 aliphatic heterocycles. The van der Waals surface area contributed by atoms with Gasteiger partial charge in [0.05, 0.1) is 12.5 Å². The summed E-state index contributed by atoms with van der Waals surface area (Å²) < 4.78 is 0. The van der Waals surface area contributed by atoms with Crippen LogP contribution in [0.4, 0.5) is 0 Å². The first-order chi connectivity index (χ1) is 8.00. The number of carboxylic acids is 1. The van der Waals surface area contributed by atoms with Gasteiger partial charge in [0, 0.05) is 19.0 Å². The molecule has 0 bridgehead atoms. The SMILES string of the molecule is NC(CC(=O)O)C(=O)NCCNC(=O)C1CC1. The molecule has 0 heterocycles. The number of hydrogen-bond acceptors (Lipinski definition) is 4. The van der Waals surface area contributed by atoms with E-state index in [1.807, 2.05) is 0 Å². The summed E-state index contributed by atoms with van der Waals surface area (Å²) in [7, 11) is 0. The number of carbonyl (C=O) groups excluding carboxylic acids is 2. The van der Waals surface area contributed by atoms with Crippen molar-refractivity contribution in [3.63, 3.8) is 0 Å². The van der Waals surface area contributed by atoms with Gasteiger partial charge in [0.15, 0.2) is 0 Å². The fourth-order valence-electron chi connectivity index (χ4n) is 1.27. The summed E-state index contributed by atoms with van der Waals surface area (Å²) in [5.41, 5.74) is 5.34. The fraction of sp³-hybridized carbons (Fsp3) is 0.700. The van der Waals surface area contributed by atoms with Gasteiger partial charge in [-0.3, -0.25) is 14.4 Å². The van der Waals surface area contributed by atoms with Gasteiger partial charge in [-0.05, 0) is 12.8 Å². The topological polar surface area (TPSA) is 122 Å². The molecule has 1 unspecified atom stereocenters. The molecule has 0 aromatic carbocycles. The Morgan fingerprint density at radius 3 is 2.35 bits per heavy atom. The molecular formula is C10H17N3O4. The number of aliphatic carboxylic acids is 1. The lowest BCUT2D eigenvalue weighted by Gasteiger charge is -2.10. The number of nitrogens with one attached hydrogen (secondary N) is 2. The van der Waals surface area contributed by atoms with E-state index in [4.69, 9.17) is 10.8 Å². The zero-order chi connectivity index (χ0) is 12.8. The predicted octanol–water partition coefficient (Wildman–Crippen LogP) is -1.57. The van der Waals surface area contributed by atoms with Crippen LogP contribution in [0.25, 0.3) is 0 Å². The van der Waals surface area contributed by atoms with Crippen LogP contribution in [-0.2, 0) is 14.4 Å². The lowest BCUT2D eigenvalue weighted by Crippen LogP contribution is -2.44. The Morgan fingerprint density at radius 1 is 1.24 bits per heavy atom. The molecule has 0 radical (unpaired) electrons. The van der Waals surface area contributed by atoms with Crippen LogP contribution in [0.2, 0.25) is 0 Å². The van der Waals surface area contributed by atoms with E-state index in [0.717, 1.165) is 12.8 Å². The van der Waals surface area contributed by atoms with Crippen LogP contribution in [0.15, 0.2) is 0 Å². The van der Waals surface area contributed by atoms with Crippen molar-refractivity contribution in [3.8, 4) is 0 Å². The van der Waals surface area contributed by atoms with Crippen LogP contribution >= 0.6 is 0 Å². The molecule has 1 fully saturated rings. The van der Waals surface area contributed by atoms with Crippen molar-refractivity contribution in [3.05, 3.63) is 0 Å². The summed E-state index contributed by atoms with van der Waals surface area (Å²) in [4.78, 5) is 32.8. The van der Waals surface area contributed by atoms with Gasteiger partial charge in [-0.2, -0.15) is 0 Å². The lowest BCUT2D eigenvalue weighted by molar-refractivity contribution is -0.139. The minimum atomic E-state index is -1.12. The van der Waals surface area contributed by atoms with Crippen LogP contribution in [0.5, 0.6) is 0 Å². The largest absolute Gasteiger partial charge is 0.481 e. The maximum absolute atomic E-state index is 11.3. The van der Waals surface area contributed by atoms with Crippen LogP contribution in [0, 0.1) is 5.92 Å². The first-order valence-corrected chi connectivity index (χ1v) is 5.53. The number of hydrogen-bond donors (Lipinski definition) is 4. The third-order valence-corrected chi connectivity index (χ3v) is 2.40. The molecule has 2 amide bonds. The molecule has 1 saturated carbocycles. The van der Waals surface area contributed by atoms with E-state index >= 15 is 0 Å². The van der Waals surface area contributed by atoms with E-state index in [9.17, 15) is 14.4 Å². The highest BCUT2D eigenvalue weighted by Gasteiger charge is 2.29. The second-order valence-electron chi connectivity index (χ2n) is 4.06. The number of amides is 2. The Bertz CT molecular complexity index is 315. The third-order valence-electron chi connectivity index (χ3n) is 2.40. The van der Waals surface area contributed by atoms with Gasteiger partial charge >= 0.3 is 5.97 Å². The summed E-state index contributed by atoms with van der Waals surface area (Å²) in [6.45, 7) is 0.589. The lowest BCUT2D eigenvalue weighted by atomic mass is 10.2. The molecule has 0 saturated heterocycles. The van der Waals surface area contributed by atoms with E-state index in [1.165, 1.54) is 0 Å². The Labute approximate surface area is 98.7 Å². The van der Waals surface area contributed by atoms with Gasteiger partial charge < -0.3 is 21.5 Å². The summed E-state index contributed by atoms with van der Waals surface area (Å²) in [6, 6.07) is -1.05. The number of carbonyl (C=O) groups is 3. The maximum atomic E-state index is 11.3. The van der Waals surface area contributed by atoms with Gasteiger partial charge in [-0.15, -0.1) is 0 Å². The number of carboxylic acid groups (broad SMARTS) is 1. The number of nitrogens with two attached hydrogens (primary N) is 1. The van der Waals surface area contributed by atoms with Gasteiger partial charge in [-0.1, -0.05) is 0 Å². The molecule has 7 nitrogen and oxygen atoms in total. The molecule has 1 atom stereocenters. The highest BCUT2D eigenvalue weighted by molar-refractivity contribution is 5.86. The van der Waals surface area contributed by atoms with E-state index in [2.05, 4.69) is 10.6 Å². The van der Waals surface area contributed by atoms with E-state index in [0.29, 0.717) is 6.54 Å². The molecule has 5 N–H and O–H groups in total. The highest BCUT2D eigenvalue weighted by Crippen LogP contribution is 2.28. The first-order valence-electron chi connectivity index (χ1n) is 5.53. The Balaban J connectivity index is 2.06. The monoisotopic (exact) mass is 243 g/mol. The molecule has 0 aromatic heterocycles. The molecule has 96 valence electrons. The molecule has 1 aliphatic carbocycles. The molecule has 1 rings (SSSR count). The standard InChI is InChI=1S/C10H17N3O4/c11-7(5-8(14)15)10(17)13-4-3-12-9(16)6-1-2-6/h6-7H,1-5,11H2,(H,12,16)(H,13,17)(H,14,15). The zero-order valence-electron chi connectivity index (χ0n) is 9.44. The van der Waals surface area contributed by atoms with Crippen molar-refractivity contribution >= 4 is 17.8 Å². The number of rotatable bonds is 7. The van der Waals surface area contributed by atoms with Gasteiger partial charge in [0.25, 0.3) is 0 Å². The smallest absolute Gasteiger partial charge is 0.305 e. The normalized spacial score (nSPS) is 16.1. The van der Waals surface area contributed by atoms with Crippen LogP contribution < -0.4 is 16.4 Å². The molecule has 17 heavy (non-hydrogen) atoms. The maximum Gasteiger partial charge on any atom is 0.305 e. The van der Waals surface area contributed by atoms with E-state index < -0.39 is 24.3 Å². The molecule has 1 aliphatic rings. The molecule has 0 spiro atoms. The Morgan fingerprint density at radius 2 is 1.82 bits per heavy atom. The second-order valence-corrected chi connectivity index (χ2v) is 4.06. The summed E-state index contributed by atoms with van der Waals surface area (Å²) in [5.74, 6) is -1.49. The highest BCUT2D eigenvalue weighted by atomic mass is 16.4. The van der Waals surface area contributed by atoms with E-state index in [-0.39, 0.29) is 18.4 Å². The molecular weight excluding hydrogens is 226 g/mol. The molecule has 0 aromatic rings. The van der Waals surface area contributed by atoms with Crippen molar-refractivity contribution in [1.82, 2.24) is 10.6 Å². The van der Waals surface area contributed by atoms with Crippen molar-refractivity contribution < 1.29 is 19.5 Å². The zero-order valence-corrected chi connectivity index (χ0v) is 9.44. The third kappa shape index (κ3) is 5.30. The summed E-state index contributed by atoms with van der Waals surface area (Å²) in [5, 5.41) is 13.6. The van der Waals surface area contributed by atoms with Crippen molar-refractivity contribution in [1.29, 1.82) is 0 Å². The fourth-order valence-corrected chi connectivity index (χ4v) is 1.27. The quantitative estimate of drug-likeness (QED) is 0.402. The van der Waals surface area contributed by atoms with Crippen LogP contribution in [0.1, 0.15) is 19.3 Å². The average molecular weight is 243 g/mol. The van der Waals surface area contributed by atoms with Crippen LogP contribution in [0.3, 0.4) is 0 Å². The Kier molecular flexibility index (Phi) is 4.89. The minimum absolute atomic E-state index is 0.00841. The average Bonchev–Trinajstić information content (AvgIpc) is 3.06. The van der Waals surface area contributed by atoms with Gasteiger partial charge in [0.2, 0.25) is 11.8 Å². The minimum Gasteiger partial charge on any atom is -0.481 e.